The van der Waals surface area contributed by atoms with Crippen molar-refractivity contribution in [3.63, 3.8) is 0 Å². The lowest BCUT2D eigenvalue weighted by Crippen LogP contribution is -2.20. The zero-order valence-electron chi connectivity index (χ0n) is 12.8. The van der Waals surface area contributed by atoms with Crippen LogP contribution in [0.3, 0.4) is 0 Å². The second-order valence-electron chi connectivity index (χ2n) is 4.91. The third-order valence-corrected chi connectivity index (χ3v) is 4.41. The third-order valence-electron chi connectivity index (χ3n) is 2.93. The van der Waals surface area contributed by atoms with Crippen LogP contribution in [0.25, 0.3) is 0 Å². The number of nitrogens with one attached hydrogen (secondary N) is 2. The van der Waals surface area contributed by atoms with Crippen molar-refractivity contribution < 1.29 is 9.59 Å². The molecule has 0 aliphatic carbocycles. The lowest BCUT2D eigenvalue weighted by Gasteiger charge is -2.07. The molecule has 5 nitrogen and oxygen atoms in total. The molecule has 2 rings (SSSR count). The normalized spacial score (nSPS) is 10.8. The van der Waals surface area contributed by atoms with Crippen molar-refractivity contribution in [3.8, 4) is 0 Å². The Kier molecular flexibility index (Phi) is 6.78. The number of benzene rings is 1. The Hall–Kier alpha value is -1.89. The Morgan fingerprint density at radius 1 is 1.17 bits per heavy atom. The summed E-state index contributed by atoms with van der Waals surface area (Å²) in [5, 5.41) is 7.32. The highest BCUT2D eigenvalue weighted by Gasteiger charge is 2.09. The standard InChI is InChI=1S/C16H15Cl2N3O2S/c1-10-2-4-12(24-10)9-19-21-16(23)7-6-15(22)20-14-5-3-11(17)8-13(14)18/h2-5,8-9H,6-7H2,1H3,(H,20,22)(H,21,23). The van der Waals surface area contributed by atoms with E-state index in [4.69, 9.17) is 23.2 Å². The first-order chi connectivity index (χ1) is 11.4. The molecule has 0 aliphatic rings. The van der Waals surface area contributed by atoms with Crippen LogP contribution in [0.2, 0.25) is 10.0 Å². The van der Waals surface area contributed by atoms with Crippen LogP contribution in [0.1, 0.15) is 22.6 Å². The molecule has 0 saturated heterocycles. The highest BCUT2D eigenvalue weighted by atomic mass is 35.5. The van der Waals surface area contributed by atoms with Gasteiger partial charge in [-0.15, -0.1) is 11.3 Å². The molecule has 2 amide bonds. The monoisotopic (exact) mass is 383 g/mol. The number of halogens is 2. The maximum absolute atomic E-state index is 11.8. The van der Waals surface area contributed by atoms with E-state index in [1.54, 1.807) is 29.7 Å². The minimum Gasteiger partial charge on any atom is -0.325 e. The number of thiophene rings is 1. The Labute approximate surface area is 153 Å². The predicted octanol–water partition coefficient (Wildman–Crippen LogP) is 4.23. The zero-order chi connectivity index (χ0) is 17.5. The fourth-order valence-electron chi connectivity index (χ4n) is 1.78. The van der Waals surface area contributed by atoms with E-state index in [9.17, 15) is 9.59 Å². The lowest BCUT2D eigenvalue weighted by atomic mass is 10.2. The summed E-state index contributed by atoms with van der Waals surface area (Å²) in [5.74, 6) is -0.649. The van der Waals surface area contributed by atoms with Gasteiger partial charge < -0.3 is 5.32 Å². The molecule has 0 saturated carbocycles. The van der Waals surface area contributed by atoms with E-state index in [-0.39, 0.29) is 24.7 Å². The average Bonchev–Trinajstić information content (AvgIpc) is 2.93. The maximum atomic E-state index is 11.8. The first kappa shape index (κ1) is 18.4. The molecule has 2 N–H and O–H groups in total. The van der Waals surface area contributed by atoms with Gasteiger partial charge in [0.1, 0.15) is 0 Å². The number of hydrogen-bond acceptors (Lipinski definition) is 4. The average molecular weight is 384 g/mol. The number of carbonyl (C=O) groups is 2. The maximum Gasteiger partial charge on any atom is 0.240 e. The van der Waals surface area contributed by atoms with E-state index in [1.807, 2.05) is 19.1 Å². The van der Waals surface area contributed by atoms with Gasteiger partial charge in [0, 0.05) is 27.6 Å². The molecule has 2 aromatic rings. The molecule has 0 atom stereocenters. The van der Waals surface area contributed by atoms with E-state index >= 15 is 0 Å². The minimum absolute atomic E-state index is 0.0256. The fourth-order valence-corrected chi connectivity index (χ4v) is 2.98. The van der Waals surface area contributed by atoms with Gasteiger partial charge in [0.15, 0.2) is 0 Å². The zero-order valence-corrected chi connectivity index (χ0v) is 15.1. The van der Waals surface area contributed by atoms with Crippen molar-refractivity contribution in [2.45, 2.75) is 19.8 Å². The first-order valence-corrected chi connectivity index (χ1v) is 8.64. The molecule has 24 heavy (non-hydrogen) atoms. The van der Waals surface area contributed by atoms with Gasteiger partial charge in [-0.1, -0.05) is 23.2 Å². The quantitative estimate of drug-likeness (QED) is 0.578. The number of aryl methyl sites for hydroxylation is 1. The van der Waals surface area contributed by atoms with Gasteiger partial charge in [0.05, 0.1) is 16.9 Å². The van der Waals surface area contributed by atoms with Crippen LogP contribution < -0.4 is 10.7 Å². The van der Waals surface area contributed by atoms with E-state index < -0.39 is 0 Å². The molecule has 0 spiro atoms. The Bertz CT molecular complexity index is 774. The summed E-state index contributed by atoms with van der Waals surface area (Å²) in [5.41, 5.74) is 2.85. The third kappa shape index (κ3) is 5.96. The van der Waals surface area contributed by atoms with Crippen LogP contribution in [0, 0.1) is 6.92 Å². The fraction of sp³-hybridized carbons (Fsp3) is 0.188. The van der Waals surface area contributed by atoms with Crippen molar-refractivity contribution in [3.05, 3.63) is 50.1 Å². The molecule has 1 heterocycles. The highest BCUT2D eigenvalue weighted by Crippen LogP contribution is 2.25. The van der Waals surface area contributed by atoms with Gasteiger partial charge in [-0.3, -0.25) is 9.59 Å². The molecule has 1 aromatic heterocycles. The van der Waals surface area contributed by atoms with Crippen LogP contribution >= 0.6 is 34.5 Å². The van der Waals surface area contributed by atoms with E-state index in [0.29, 0.717) is 15.7 Å². The second-order valence-corrected chi connectivity index (χ2v) is 7.08. The highest BCUT2D eigenvalue weighted by molar-refractivity contribution is 7.13. The smallest absolute Gasteiger partial charge is 0.240 e. The molecule has 0 aliphatic heterocycles. The second kappa shape index (κ2) is 8.82. The minimum atomic E-state index is -0.336. The summed E-state index contributed by atoms with van der Waals surface area (Å²) >= 11 is 13.3. The number of hydrazone groups is 1. The van der Waals surface area contributed by atoms with Crippen molar-refractivity contribution in [1.29, 1.82) is 0 Å². The Balaban J connectivity index is 1.74. The van der Waals surface area contributed by atoms with Crippen molar-refractivity contribution >= 4 is 58.3 Å². The molecule has 8 heteroatoms. The van der Waals surface area contributed by atoms with Crippen molar-refractivity contribution in [2.75, 3.05) is 5.32 Å². The van der Waals surface area contributed by atoms with Gasteiger partial charge in [-0.05, 0) is 37.3 Å². The number of hydrogen-bond donors (Lipinski definition) is 2. The van der Waals surface area contributed by atoms with Gasteiger partial charge in [-0.2, -0.15) is 5.10 Å². The SMILES string of the molecule is Cc1ccc(C=NNC(=O)CCC(=O)Nc2ccc(Cl)cc2Cl)s1. The van der Waals surface area contributed by atoms with Crippen LogP contribution in [0.4, 0.5) is 5.69 Å². The molecule has 0 fully saturated rings. The topological polar surface area (TPSA) is 70.6 Å². The largest absolute Gasteiger partial charge is 0.325 e. The lowest BCUT2D eigenvalue weighted by molar-refractivity contribution is -0.124. The summed E-state index contributed by atoms with van der Waals surface area (Å²) in [6.07, 6.45) is 1.62. The molecular weight excluding hydrogens is 369 g/mol. The van der Waals surface area contributed by atoms with E-state index in [2.05, 4.69) is 15.8 Å². The molecule has 1 aromatic carbocycles. The summed E-state index contributed by atoms with van der Waals surface area (Å²) in [6, 6.07) is 8.65. The van der Waals surface area contributed by atoms with Gasteiger partial charge in [0.2, 0.25) is 11.8 Å². The molecular formula is C16H15Cl2N3O2S. The van der Waals surface area contributed by atoms with Crippen LogP contribution in [-0.2, 0) is 9.59 Å². The molecule has 126 valence electrons. The summed E-state index contributed by atoms with van der Waals surface area (Å²) < 4.78 is 0. The number of rotatable bonds is 6. The molecule has 0 radical (unpaired) electrons. The van der Waals surface area contributed by atoms with Gasteiger partial charge in [0.25, 0.3) is 0 Å². The van der Waals surface area contributed by atoms with Gasteiger partial charge >= 0.3 is 0 Å². The number of amides is 2. The van der Waals surface area contributed by atoms with Crippen LogP contribution in [0.15, 0.2) is 35.4 Å². The number of nitrogens with zero attached hydrogens (tertiary/aromatic N) is 1. The van der Waals surface area contributed by atoms with Crippen LogP contribution in [0.5, 0.6) is 0 Å². The van der Waals surface area contributed by atoms with Crippen molar-refractivity contribution in [1.82, 2.24) is 5.43 Å². The summed E-state index contributed by atoms with van der Waals surface area (Å²) in [7, 11) is 0. The Morgan fingerprint density at radius 2 is 1.92 bits per heavy atom. The van der Waals surface area contributed by atoms with Gasteiger partial charge in [-0.25, -0.2) is 5.43 Å². The number of carbonyl (C=O) groups excluding carboxylic acids is 2. The first-order valence-electron chi connectivity index (χ1n) is 7.07. The Morgan fingerprint density at radius 3 is 2.58 bits per heavy atom. The summed E-state index contributed by atoms with van der Waals surface area (Å²) in [4.78, 5) is 25.6. The number of anilines is 1. The summed E-state index contributed by atoms with van der Waals surface area (Å²) in [6.45, 7) is 1.99. The van der Waals surface area contributed by atoms with Crippen LogP contribution in [-0.4, -0.2) is 18.0 Å². The molecule has 0 unspecified atom stereocenters. The van der Waals surface area contributed by atoms with E-state index in [1.165, 1.54) is 10.9 Å². The molecule has 0 bridgehead atoms. The van der Waals surface area contributed by atoms with Crippen molar-refractivity contribution in [2.24, 2.45) is 5.10 Å². The predicted molar refractivity (Wildman–Crippen MR) is 99.1 cm³/mol. The van der Waals surface area contributed by atoms with E-state index in [0.717, 1.165) is 4.88 Å².